The summed E-state index contributed by atoms with van der Waals surface area (Å²) in [6, 6.07) is 6.74. The van der Waals surface area contributed by atoms with Crippen LogP contribution in [0.3, 0.4) is 0 Å². The first kappa shape index (κ1) is 33.9. The molecule has 1 aliphatic carbocycles. The molecule has 0 spiro atoms. The van der Waals surface area contributed by atoms with Crippen LogP contribution in [0.15, 0.2) is 53.4 Å². The van der Waals surface area contributed by atoms with Gasteiger partial charge in [-0.05, 0) is 77.7 Å². The fourth-order valence-electron chi connectivity index (χ4n) is 6.91. The second-order valence-corrected chi connectivity index (χ2v) is 14.3. The fraction of sp³-hybridized carbons (Fsp3) is 0.417. The lowest BCUT2D eigenvalue weighted by Crippen LogP contribution is -2.47. The molecule has 2 amide bonds. The van der Waals surface area contributed by atoms with Gasteiger partial charge < -0.3 is 25.0 Å². The van der Waals surface area contributed by atoms with E-state index in [4.69, 9.17) is 14.6 Å². The second kappa shape index (κ2) is 14.0. The van der Waals surface area contributed by atoms with Crippen molar-refractivity contribution in [2.24, 2.45) is 5.41 Å². The Bertz CT molecular complexity index is 2000. The van der Waals surface area contributed by atoms with Gasteiger partial charge in [0.05, 0.1) is 36.8 Å². The number of nitrogens with zero attached hydrogens (tertiary/aromatic N) is 6. The number of ether oxygens (including phenoxy) is 2. The van der Waals surface area contributed by atoms with Crippen molar-refractivity contribution >= 4 is 61.6 Å². The number of carbonyl (C=O) groups excluding carboxylic acids is 3. The molecule has 3 atom stereocenters. The second-order valence-electron chi connectivity index (χ2n) is 13.5. The van der Waals surface area contributed by atoms with Crippen molar-refractivity contribution < 1.29 is 23.9 Å². The lowest BCUT2D eigenvalue weighted by molar-refractivity contribution is -0.138. The topological polar surface area (TPSA) is 153 Å². The van der Waals surface area contributed by atoms with E-state index in [1.807, 2.05) is 37.3 Å². The summed E-state index contributed by atoms with van der Waals surface area (Å²) in [7, 11) is 0. The minimum Gasteiger partial charge on any atom is -0.373 e. The molecule has 4 aliphatic rings. The molecule has 6 heterocycles. The molecule has 50 heavy (non-hydrogen) atoms. The van der Waals surface area contributed by atoms with E-state index < -0.39 is 6.04 Å². The lowest BCUT2D eigenvalue weighted by Gasteiger charge is -2.27. The van der Waals surface area contributed by atoms with Crippen molar-refractivity contribution in [2.45, 2.75) is 78.3 Å². The number of amides is 2. The Balaban J connectivity index is 1.21. The third kappa shape index (κ3) is 7.05. The van der Waals surface area contributed by atoms with Crippen molar-refractivity contribution in [2.75, 3.05) is 23.8 Å². The van der Waals surface area contributed by atoms with Gasteiger partial charge in [-0.15, -0.1) is 0 Å². The van der Waals surface area contributed by atoms with Gasteiger partial charge in [0, 0.05) is 36.2 Å². The number of Topliss-reactive ketones (excluding diaryl/α,β-unsaturated/α-hetero) is 1. The molecular formula is C36H39BrN8O5. The molecule has 1 aromatic carbocycles. The zero-order chi connectivity index (χ0) is 35.0. The SMILES string of the molecule is CC(=O)c1nn(CC(=O)N2[C@H](C(=O)Nc3nc(Br)ccc3C)C[C@@]3(C)C[C@@H]23)c2c3cc(cc12)Nc1cnc(nc1)COCCC/C=C/COC3. The minimum atomic E-state index is -0.661. The molecule has 1 saturated heterocycles. The number of nitrogens with one attached hydrogen (secondary N) is 2. The molecule has 4 aromatic rings. The number of aryl methyl sites for hydroxylation is 1. The molecule has 1 saturated carbocycles. The van der Waals surface area contributed by atoms with Gasteiger partial charge >= 0.3 is 0 Å². The van der Waals surface area contributed by atoms with Crippen LogP contribution in [-0.2, 0) is 38.8 Å². The van der Waals surface area contributed by atoms with Crippen LogP contribution in [0, 0.1) is 12.3 Å². The van der Waals surface area contributed by atoms with Crippen molar-refractivity contribution in [3.05, 3.63) is 76.1 Å². The Morgan fingerprint density at radius 1 is 1.08 bits per heavy atom. The molecule has 3 aromatic heterocycles. The number of piperidine rings is 1. The van der Waals surface area contributed by atoms with E-state index in [1.54, 1.807) is 22.0 Å². The number of anilines is 3. The average Bonchev–Trinajstić information content (AvgIpc) is 3.44. The van der Waals surface area contributed by atoms with E-state index in [-0.39, 0.29) is 47.9 Å². The monoisotopic (exact) mass is 742 g/mol. The number of rotatable bonds is 5. The number of likely N-dealkylation sites (tertiary alicyclic amines) is 1. The number of pyridine rings is 1. The number of allylic oxidation sites excluding steroid dienone is 1. The number of hydrogen-bond donors (Lipinski definition) is 2. The maximum atomic E-state index is 14.2. The van der Waals surface area contributed by atoms with Gasteiger partial charge in [-0.25, -0.2) is 15.0 Å². The Hall–Kier alpha value is -4.53. The largest absolute Gasteiger partial charge is 0.373 e. The smallest absolute Gasteiger partial charge is 0.248 e. The first-order valence-corrected chi connectivity index (χ1v) is 17.6. The molecule has 0 unspecified atom stereocenters. The predicted octanol–water partition coefficient (Wildman–Crippen LogP) is 5.64. The quantitative estimate of drug-likeness (QED) is 0.149. The summed E-state index contributed by atoms with van der Waals surface area (Å²) in [5.41, 5.74) is 3.66. The Morgan fingerprint density at radius 3 is 2.70 bits per heavy atom. The number of halogens is 1. The first-order valence-electron chi connectivity index (χ1n) is 16.8. The Kier molecular flexibility index (Phi) is 9.51. The van der Waals surface area contributed by atoms with Gasteiger partial charge in [0.15, 0.2) is 11.6 Å². The van der Waals surface area contributed by atoms with Gasteiger partial charge in [0.25, 0.3) is 0 Å². The maximum Gasteiger partial charge on any atom is 0.248 e. The molecule has 14 heteroatoms. The third-order valence-corrected chi connectivity index (χ3v) is 10.0. The number of hydrogen-bond acceptors (Lipinski definition) is 10. The predicted molar refractivity (Wildman–Crippen MR) is 190 cm³/mol. The molecule has 2 fully saturated rings. The molecule has 8 rings (SSSR count). The van der Waals surface area contributed by atoms with E-state index in [9.17, 15) is 14.4 Å². The summed E-state index contributed by atoms with van der Waals surface area (Å²) in [6.45, 7) is 6.82. The Labute approximate surface area is 298 Å². The highest BCUT2D eigenvalue weighted by atomic mass is 79.9. The van der Waals surface area contributed by atoms with E-state index in [0.29, 0.717) is 64.8 Å². The first-order chi connectivity index (χ1) is 24.1. The van der Waals surface area contributed by atoms with E-state index >= 15 is 0 Å². The summed E-state index contributed by atoms with van der Waals surface area (Å²) in [4.78, 5) is 55.9. The summed E-state index contributed by atoms with van der Waals surface area (Å²) >= 11 is 3.38. The van der Waals surface area contributed by atoms with Gasteiger partial charge in [0.2, 0.25) is 11.8 Å². The number of carbonyl (C=O) groups is 3. The summed E-state index contributed by atoms with van der Waals surface area (Å²) in [5, 5.41) is 11.6. The maximum absolute atomic E-state index is 14.2. The lowest BCUT2D eigenvalue weighted by atomic mass is 10.0. The van der Waals surface area contributed by atoms with Crippen LogP contribution < -0.4 is 10.6 Å². The molecule has 4 bridgehead atoms. The van der Waals surface area contributed by atoms with Crippen molar-refractivity contribution in [1.82, 2.24) is 29.6 Å². The van der Waals surface area contributed by atoms with Crippen LogP contribution in [0.2, 0.25) is 0 Å². The zero-order valence-corrected chi connectivity index (χ0v) is 29.8. The highest BCUT2D eigenvalue weighted by molar-refractivity contribution is 9.10. The average molecular weight is 744 g/mol. The van der Waals surface area contributed by atoms with Gasteiger partial charge in [-0.3, -0.25) is 19.1 Å². The van der Waals surface area contributed by atoms with Crippen molar-refractivity contribution in [1.29, 1.82) is 0 Å². The Morgan fingerprint density at radius 2 is 1.90 bits per heavy atom. The van der Waals surface area contributed by atoms with Crippen LogP contribution in [0.1, 0.15) is 67.0 Å². The zero-order valence-electron chi connectivity index (χ0n) is 28.2. The van der Waals surface area contributed by atoms with Gasteiger partial charge in [-0.2, -0.15) is 5.10 Å². The standard InChI is InChI=1S/C36H39BrN8O5/c1-21-8-9-29(37)41-34(21)42-35(48)27-14-36(3)15-28(36)45(27)31(47)18-44-33-23-12-24(13-26(33)32(43-44)22(2)46)40-25-16-38-30(39-17-25)20-50-11-7-5-4-6-10-49-19-23/h4,6,8-9,12-13,16-17,27-28,40H,5,7,10-11,14-15,18-20H2,1-3H3,(H,41,42,48)/b6-4+/t27-,28+,36-/m0/s1. The van der Waals surface area contributed by atoms with Crippen molar-refractivity contribution in [3.8, 4) is 0 Å². The normalized spacial score (nSPS) is 22.7. The van der Waals surface area contributed by atoms with Gasteiger partial charge in [-0.1, -0.05) is 25.1 Å². The minimum absolute atomic E-state index is 0.0534. The van der Waals surface area contributed by atoms with E-state index in [2.05, 4.69) is 54.5 Å². The van der Waals surface area contributed by atoms with Crippen LogP contribution in [0.25, 0.3) is 10.9 Å². The van der Waals surface area contributed by atoms with Crippen molar-refractivity contribution in [3.63, 3.8) is 0 Å². The fourth-order valence-corrected chi connectivity index (χ4v) is 7.22. The molecule has 2 N–H and O–H groups in total. The van der Waals surface area contributed by atoms with E-state index in [0.717, 1.165) is 30.4 Å². The van der Waals surface area contributed by atoms with Crippen LogP contribution in [-0.4, -0.2) is 72.5 Å². The highest BCUT2D eigenvalue weighted by Crippen LogP contribution is 2.59. The third-order valence-electron chi connectivity index (χ3n) is 9.59. The number of ketones is 1. The number of benzene rings is 1. The van der Waals surface area contributed by atoms with Crippen LogP contribution >= 0.6 is 15.9 Å². The van der Waals surface area contributed by atoms with Gasteiger partial charge in [0.1, 0.15) is 35.3 Å². The molecular weight excluding hydrogens is 704 g/mol. The van der Waals surface area contributed by atoms with Crippen LogP contribution in [0.4, 0.5) is 17.2 Å². The molecule has 13 nitrogen and oxygen atoms in total. The highest BCUT2D eigenvalue weighted by Gasteiger charge is 2.64. The molecule has 260 valence electrons. The number of aromatic nitrogens is 5. The summed E-state index contributed by atoms with van der Waals surface area (Å²) in [6.07, 6.45) is 10.5. The van der Waals surface area contributed by atoms with Crippen LogP contribution in [0.5, 0.6) is 0 Å². The molecule has 0 radical (unpaired) electrons. The molecule has 3 aliphatic heterocycles. The summed E-state index contributed by atoms with van der Waals surface area (Å²) < 4.78 is 14.0. The number of fused-ring (bicyclic) bond motifs is 12. The van der Waals surface area contributed by atoms with E-state index in [1.165, 1.54) is 6.92 Å². The summed E-state index contributed by atoms with van der Waals surface area (Å²) in [5.74, 6) is 0.291.